The number of carbonyl (C=O) groups is 2. The number of para-hydroxylation sites is 1. The smallest absolute Gasteiger partial charge is 0.262 e. The highest BCUT2D eigenvalue weighted by Crippen LogP contribution is 2.29. The van der Waals surface area contributed by atoms with Crippen LogP contribution in [0.3, 0.4) is 0 Å². The third kappa shape index (κ3) is 4.46. The van der Waals surface area contributed by atoms with E-state index in [2.05, 4.69) is 10.0 Å². The van der Waals surface area contributed by atoms with Crippen LogP contribution in [0.2, 0.25) is 5.02 Å². The highest BCUT2D eigenvalue weighted by Gasteiger charge is 2.23. The summed E-state index contributed by atoms with van der Waals surface area (Å²) in [5.74, 6) is -0.410. The fourth-order valence-electron chi connectivity index (χ4n) is 3.56. The summed E-state index contributed by atoms with van der Waals surface area (Å²) in [5.41, 5.74) is 2.77. The van der Waals surface area contributed by atoms with Gasteiger partial charge in [-0.3, -0.25) is 14.3 Å². The minimum absolute atomic E-state index is 0.0127. The van der Waals surface area contributed by atoms with Crippen molar-refractivity contribution in [2.45, 2.75) is 18.2 Å². The second-order valence-electron chi connectivity index (χ2n) is 7.33. The van der Waals surface area contributed by atoms with Crippen molar-refractivity contribution in [3.8, 4) is 0 Å². The van der Waals surface area contributed by atoms with Crippen LogP contribution in [-0.2, 0) is 21.2 Å². The van der Waals surface area contributed by atoms with Crippen molar-refractivity contribution >= 4 is 50.5 Å². The Morgan fingerprint density at radius 3 is 2.53 bits per heavy atom. The molecule has 1 aliphatic rings. The highest BCUT2D eigenvalue weighted by atomic mass is 35.5. The molecule has 4 rings (SSSR count). The minimum atomic E-state index is -3.90. The number of amides is 2. The van der Waals surface area contributed by atoms with Crippen LogP contribution in [0.4, 0.5) is 17.1 Å². The summed E-state index contributed by atoms with van der Waals surface area (Å²) in [7, 11) is -3.90. The van der Waals surface area contributed by atoms with E-state index in [1.165, 1.54) is 19.1 Å². The van der Waals surface area contributed by atoms with E-state index in [-0.39, 0.29) is 27.4 Å². The zero-order chi connectivity index (χ0) is 22.9. The predicted octanol–water partition coefficient (Wildman–Crippen LogP) is 4.30. The standard InChI is InChI=1S/C23H20ClN3O4S/c1-15(28)27-12-11-16-13-17(9-10-22(16)27)23(29)25-18-5-4-6-19(14-18)32(30,31)26-21-8-3-2-7-20(21)24/h2-10,13-14,26H,11-12H2,1H3,(H,25,29). The summed E-state index contributed by atoms with van der Waals surface area (Å²) in [6.07, 6.45) is 0.678. The lowest BCUT2D eigenvalue weighted by molar-refractivity contribution is -0.116. The van der Waals surface area contributed by atoms with Gasteiger partial charge in [-0.2, -0.15) is 0 Å². The zero-order valence-corrected chi connectivity index (χ0v) is 18.7. The number of nitrogens with zero attached hydrogens (tertiary/aromatic N) is 1. The summed E-state index contributed by atoms with van der Waals surface area (Å²) >= 11 is 6.05. The van der Waals surface area contributed by atoms with E-state index >= 15 is 0 Å². The molecule has 7 nitrogen and oxygen atoms in total. The van der Waals surface area contributed by atoms with Crippen molar-refractivity contribution in [3.63, 3.8) is 0 Å². The number of fused-ring (bicyclic) bond motifs is 1. The maximum Gasteiger partial charge on any atom is 0.262 e. The molecule has 0 fully saturated rings. The Hall–Kier alpha value is -3.36. The molecule has 0 saturated carbocycles. The van der Waals surface area contributed by atoms with E-state index in [1.54, 1.807) is 59.5 Å². The van der Waals surface area contributed by atoms with Gasteiger partial charge in [0, 0.05) is 30.4 Å². The fraction of sp³-hybridized carbons (Fsp3) is 0.130. The molecule has 1 heterocycles. The average Bonchev–Trinajstić information content (AvgIpc) is 3.19. The van der Waals surface area contributed by atoms with Crippen LogP contribution in [0.15, 0.2) is 71.6 Å². The second-order valence-corrected chi connectivity index (χ2v) is 9.42. The van der Waals surface area contributed by atoms with Crippen LogP contribution in [0, 0.1) is 0 Å². The quantitative estimate of drug-likeness (QED) is 0.582. The molecule has 0 spiro atoms. The van der Waals surface area contributed by atoms with Gasteiger partial charge in [0.25, 0.3) is 15.9 Å². The molecule has 0 atom stereocenters. The van der Waals surface area contributed by atoms with Gasteiger partial charge in [0.1, 0.15) is 0 Å². The summed E-state index contributed by atoms with van der Waals surface area (Å²) in [6.45, 7) is 2.10. The topological polar surface area (TPSA) is 95.6 Å². The van der Waals surface area contributed by atoms with Crippen LogP contribution in [0.5, 0.6) is 0 Å². The van der Waals surface area contributed by atoms with Crippen molar-refractivity contribution in [1.82, 2.24) is 0 Å². The third-order valence-electron chi connectivity index (χ3n) is 5.14. The van der Waals surface area contributed by atoms with Gasteiger partial charge in [0.15, 0.2) is 0 Å². The first-order valence-electron chi connectivity index (χ1n) is 9.84. The lowest BCUT2D eigenvalue weighted by Gasteiger charge is -2.15. The Kier molecular flexibility index (Phi) is 5.90. The van der Waals surface area contributed by atoms with Crippen LogP contribution < -0.4 is 14.9 Å². The molecule has 0 aromatic heterocycles. The molecule has 3 aromatic rings. The lowest BCUT2D eigenvalue weighted by atomic mass is 10.1. The zero-order valence-electron chi connectivity index (χ0n) is 17.1. The van der Waals surface area contributed by atoms with Crippen molar-refractivity contribution in [3.05, 3.63) is 82.9 Å². The number of hydrogen-bond donors (Lipinski definition) is 2. The van der Waals surface area contributed by atoms with Gasteiger partial charge in [-0.1, -0.05) is 29.8 Å². The van der Waals surface area contributed by atoms with Crippen molar-refractivity contribution < 1.29 is 18.0 Å². The Morgan fingerprint density at radius 1 is 1.00 bits per heavy atom. The molecular formula is C23H20ClN3O4S. The first kappa shape index (κ1) is 21.9. The van der Waals surface area contributed by atoms with Gasteiger partial charge in [-0.15, -0.1) is 0 Å². The van der Waals surface area contributed by atoms with Gasteiger partial charge in [-0.05, 0) is 60.5 Å². The summed E-state index contributed by atoms with van der Waals surface area (Å²) in [5, 5.41) is 3.01. The molecule has 0 bridgehead atoms. The maximum absolute atomic E-state index is 12.8. The summed E-state index contributed by atoms with van der Waals surface area (Å²) in [6, 6.07) is 17.6. The fourth-order valence-corrected chi connectivity index (χ4v) is 4.93. The van der Waals surface area contributed by atoms with Crippen molar-refractivity contribution in [2.75, 3.05) is 21.5 Å². The highest BCUT2D eigenvalue weighted by molar-refractivity contribution is 7.92. The van der Waals surface area contributed by atoms with E-state index in [0.29, 0.717) is 24.2 Å². The number of carbonyl (C=O) groups excluding carboxylic acids is 2. The first-order valence-corrected chi connectivity index (χ1v) is 11.7. The van der Waals surface area contributed by atoms with Crippen LogP contribution >= 0.6 is 11.6 Å². The van der Waals surface area contributed by atoms with Gasteiger partial charge in [-0.25, -0.2) is 8.42 Å². The number of nitrogens with one attached hydrogen (secondary N) is 2. The molecule has 2 N–H and O–H groups in total. The van der Waals surface area contributed by atoms with Crippen molar-refractivity contribution in [2.24, 2.45) is 0 Å². The normalized spacial score (nSPS) is 12.9. The Balaban J connectivity index is 1.53. The van der Waals surface area contributed by atoms with E-state index in [0.717, 1.165) is 11.3 Å². The van der Waals surface area contributed by atoms with Crippen molar-refractivity contribution in [1.29, 1.82) is 0 Å². The maximum atomic E-state index is 12.8. The molecule has 0 radical (unpaired) electrons. The van der Waals surface area contributed by atoms with E-state index in [9.17, 15) is 18.0 Å². The van der Waals surface area contributed by atoms with Gasteiger partial charge >= 0.3 is 0 Å². The number of halogens is 1. The second kappa shape index (κ2) is 8.64. The van der Waals surface area contributed by atoms with Gasteiger partial charge in [0.2, 0.25) is 5.91 Å². The average molecular weight is 470 g/mol. The number of anilines is 3. The molecule has 3 aromatic carbocycles. The number of benzene rings is 3. The number of rotatable bonds is 5. The van der Waals surface area contributed by atoms with Crippen LogP contribution in [0.1, 0.15) is 22.8 Å². The predicted molar refractivity (Wildman–Crippen MR) is 125 cm³/mol. The Labute approximate surface area is 191 Å². The van der Waals surface area contributed by atoms with E-state index in [4.69, 9.17) is 11.6 Å². The molecule has 164 valence electrons. The molecule has 32 heavy (non-hydrogen) atoms. The molecule has 0 aliphatic carbocycles. The minimum Gasteiger partial charge on any atom is -0.322 e. The Morgan fingerprint density at radius 2 is 1.78 bits per heavy atom. The number of hydrogen-bond acceptors (Lipinski definition) is 4. The molecule has 1 aliphatic heterocycles. The van der Waals surface area contributed by atoms with E-state index in [1.807, 2.05) is 0 Å². The van der Waals surface area contributed by atoms with Gasteiger partial charge in [0.05, 0.1) is 15.6 Å². The summed E-state index contributed by atoms with van der Waals surface area (Å²) in [4.78, 5) is 26.1. The lowest BCUT2D eigenvalue weighted by Crippen LogP contribution is -2.25. The molecular weight excluding hydrogens is 450 g/mol. The Bertz CT molecular complexity index is 1320. The monoisotopic (exact) mass is 469 g/mol. The van der Waals surface area contributed by atoms with Crippen LogP contribution in [0.25, 0.3) is 0 Å². The summed E-state index contributed by atoms with van der Waals surface area (Å²) < 4.78 is 28.0. The molecule has 9 heteroatoms. The van der Waals surface area contributed by atoms with Crippen LogP contribution in [-0.4, -0.2) is 26.8 Å². The van der Waals surface area contributed by atoms with Gasteiger partial charge < -0.3 is 10.2 Å². The molecule has 2 amide bonds. The van der Waals surface area contributed by atoms with E-state index < -0.39 is 10.0 Å². The molecule has 0 saturated heterocycles. The SMILES string of the molecule is CC(=O)N1CCc2cc(C(=O)Nc3cccc(S(=O)(=O)Nc4ccccc4Cl)c3)ccc21. The number of sulfonamides is 1. The largest absolute Gasteiger partial charge is 0.322 e. The first-order chi connectivity index (χ1) is 15.2. The third-order valence-corrected chi connectivity index (χ3v) is 6.83. The molecule has 0 unspecified atom stereocenters.